The minimum atomic E-state index is -5.15. The minimum Gasteiger partial charge on any atom is -1.00 e. The number of nitrogens with zero attached hydrogens (tertiary/aromatic N) is 3. The van der Waals surface area contributed by atoms with Crippen LogP contribution in [0, 0.1) is 13.8 Å². The van der Waals surface area contributed by atoms with Crippen LogP contribution in [-0.2, 0) is 24.5 Å². The lowest BCUT2D eigenvalue weighted by molar-refractivity contribution is -0.689. The van der Waals surface area contributed by atoms with E-state index >= 15 is 0 Å². The molecule has 0 spiro atoms. The average molecular weight is 459 g/mol. The number of nitrogens with two attached hydrogens (primary N) is 1. The van der Waals surface area contributed by atoms with Crippen LogP contribution < -0.4 is 22.7 Å². The van der Waals surface area contributed by atoms with E-state index in [0.29, 0.717) is 23.1 Å². The van der Waals surface area contributed by atoms with E-state index in [9.17, 15) is 14.0 Å². The molecule has 0 fully saturated rings. The van der Waals surface area contributed by atoms with Crippen molar-refractivity contribution in [2.24, 2.45) is 0 Å². The first kappa shape index (κ1) is 23.7. The first-order chi connectivity index (χ1) is 12.0. The van der Waals surface area contributed by atoms with Crippen molar-refractivity contribution in [1.29, 1.82) is 0 Å². The summed E-state index contributed by atoms with van der Waals surface area (Å²) in [6.07, 6.45) is 3.85. The van der Waals surface area contributed by atoms with Gasteiger partial charge in [-0.2, -0.15) is 8.88 Å². The molecule has 0 radical (unpaired) electrons. The van der Waals surface area contributed by atoms with Gasteiger partial charge in [0.1, 0.15) is 16.5 Å². The first-order valence-corrected chi connectivity index (χ1v) is 10.9. The van der Waals surface area contributed by atoms with Crippen LogP contribution in [0.2, 0.25) is 0 Å². The molecule has 0 aliphatic rings. The van der Waals surface area contributed by atoms with Gasteiger partial charge in [0, 0.05) is 13.1 Å². The van der Waals surface area contributed by atoms with Gasteiger partial charge in [0.2, 0.25) is 5.51 Å². The third-order valence-electron chi connectivity index (χ3n) is 3.08. The van der Waals surface area contributed by atoms with Gasteiger partial charge in [-0.3, -0.25) is 4.89 Å². The summed E-state index contributed by atoms with van der Waals surface area (Å²) in [7, 11) is -10.1. The molecule has 2 aromatic rings. The van der Waals surface area contributed by atoms with Gasteiger partial charge in [-0.05, 0) is 13.0 Å². The lowest BCUT2D eigenvalue weighted by Crippen LogP contribution is -3.00. The highest BCUT2D eigenvalue weighted by Gasteiger charge is 2.32. The van der Waals surface area contributed by atoms with Crippen LogP contribution in [0.25, 0.3) is 6.08 Å². The van der Waals surface area contributed by atoms with Crippen molar-refractivity contribution >= 4 is 38.9 Å². The maximum Gasteiger partial charge on any atom is 0.535 e. The molecule has 1 atom stereocenters. The van der Waals surface area contributed by atoms with E-state index in [4.69, 9.17) is 15.5 Å². The van der Waals surface area contributed by atoms with E-state index in [1.165, 1.54) is 17.4 Å². The average Bonchev–Trinajstić information content (AvgIpc) is 2.80. The Hall–Kier alpha value is -1.36. The van der Waals surface area contributed by atoms with Crippen LogP contribution >= 0.6 is 27.0 Å². The molecule has 0 bridgehead atoms. The SMILES string of the molecule is Cc1ncc(C[n+]2csc(/C=C/OP(=O)(O)OP(=O)(O)O)c2C)c(N)n1.[Cl-]. The summed E-state index contributed by atoms with van der Waals surface area (Å²) in [5.74, 6) is 0.955. The van der Waals surface area contributed by atoms with E-state index in [0.717, 1.165) is 17.5 Å². The van der Waals surface area contributed by atoms with Crippen molar-refractivity contribution < 1.29 is 49.6 Å². The summed E-state index contributed by atoms with van der Waals surface area (Å²) in [6, 6.07) is 0. The minimum absolute atomic E-state index is 0. The van der Waals surface area contributed by atoms with E-state index in [1.54, 1.807) is 18.6 Å². The maximum absolute atomic E-state index is 11.4. The summed E-state index contributed by atoms with van der Waals surface area (Å²) in [4.78, 5) is 35.1. The van der Waals surface area contributed by atoms with Crippen molar-refractivity contribution in [3.63, 3.8) is 0 Å². The highest BCUT2D eigenvalue weighted by Crippen LogP contribution is 2.57. The maximum atomic E-state index is 11.4. The fourth-order valence-corrected chi connectivity index (χ4v) is 4.22. The Labute approximate surface area is 164 Å². The van der Waals surface area contributed by atoms with Crippen LogP contribution in [0.4, 0.5) is 5.82 Å². The van der Waals surface area contributed by atoms with Crippen LogP contribution in [-0.4, -0.2) is 24.6 Å². The highest BCUT2D eigenvalue weighted by atomic mass is 35.5. The molecule has 27 heavy (non-hydrogen) atoms. The van der Waals surface area contributed by atoms with Gasteiger partial charge in [0.15, 0.2) is 12.2 Å². The summed E-state index contributed by atoms with van der Waals surface area (Å²) < 4.78 is 31.9. The fourth-order valence-electron chi connectivity index (χ4n) is 1.88. The first-order valence-electron chi connectivity index (χ1n) is 6.97. The number of aromatic nitrogens is 3. The predicted molar refractivity (Wildman–Crippen MR) is 92.6 cm³/mol. The van der Waals surface area contributed by atoms with Crippen molar-refractivity contribution in [3.05, 3.63) is 39.9 Å². The van der Waals surface area contributed by atoms with Gasteiger partial charge < -0.3 is 32.5 Å². The Kier molecular flexibility index (Phi) is 8.09. The molecular formula is C12H17ClN4O7P2S. The number of nitrogen functional groups attached to an aromatic ring is 1. The molecule has 0 aliphatic heterocycles. The molecule has 1 unspecified atom stereocenters. The van der Waals surface area contributed by atoms with Crippen molar-refractivity contribution in [3.8, 4) is 0 Å². The van der Waals surface area contributed by atoms with Crippen molar-refractivity contribution in [1.82, 2.24) is 9.97 Å². The number of aryl methyl sites for hydroxylation is 1. The molecule has 150 valence electrons. The third-order valence-corrected chi connectivity index (χ3v) is 6.19. The zero-order valence-electron chi connectivity index (χ0n) is 14.1. The Morgan fingerprint density at radius 2 is 2.00 bits per heavy atom. The quantitative estimate of drug-likeness (QED) is 0.212. The van der Waals surface area contributed by atoms with Crippen LogP contribution in [0.15, 0.2) is 18.0 Å². The largest absolute Gasteiger partial charge is 1.00 e. The standard InChI is InChI=1S/C12H16N4O7P2S.ClH/c1-8-11(3-4-22-25(20,21)23-24(17,18)19)26-7-16(8)6-10-5-14-9(2)15-12(10)13;/h3-5,7H,6H2,1-2H3,(H4-,13,14,15,17,18,19,20,21);1H/b4-3+;. The number of halogens is 1. The molecule has 5 N–H and O–H groups in total. The van der Waals surface area contributed by atoms with Gasteiger partial charge in [-0.25, -0.2) is 19.1 Å². The lowest BCUT2D eigenvalue weighted by Gasteiger charge is -2.09. The summed E-state index contributed by atoms with van der Waals surface area (Å²) >= 11 is 1.32. The van der Waals surface area contributed by atoms with Crippen LogP contribution in [0.1, 0.15) is 22.0 Å². The van der Waals surface area contributed by atoms with Gasteiger partial charge >= 0.3 is 15.6 Å². The molecule has 2 aromatic heterocycles. The molecule has 0 aliphatic carbocycles. The van der Waals surface area contributed by atoms with Crippen molar-refractivity contribution in [2.75, 3.05) is 5.73 Å². The Morgan fingerprint density at radius 3 is 2.59 bits per heavy atom. The molecule has 0 aromatic carbocycles. The summed E-state index contributed by atoms with van der Waals surface area (Å²) in [6.45, 7) is 3.98. The van der Waals surface area contributed by atoms with Crippen LogP contribution in [0.3, 0.4) is 0 Å². The molecule has 2 rings (SSSR count). The number of phosphoric acid groups is 2. The predicted octanol–water partition coefficient (Wildman–Crippen LogP) is -1.73. The number of anilines is 1. The van der Waals surface area contributed by atoms with E-state index in [-0.39, 0.29) is 12.4 Å². The van der Waals surface area contributed by atoms with Crippen LogP contribution in [0.5, 0.6) is 0 Å². The Bertz CT molecular complexity index is 932. The summed E-state index contributed by atoms with van der Waals surface area (Å²) in [5.41, 5.74) is 9.22. The fraction of sp³-hybridized carbons (Fsp3) is 0.250. The molecule has 0 amide bonds. The number of hydrogen-bond donors (Lipinski definition) is 4. The second-order valence-electron chi connectivity index (χ2n) is 5.08. The van der Waals surface area contributed by atoms with Gasteiger partial charge in [0.25, 0.3) is 0 Å². The molecular weight excluding hydrogens is 442 g/mol. The topological polar surface area (TPSA) is 169 Å². The zero-order valence-corrected chi connectivity index (χ0v) is 17.5. The normalized spacial score (nSPS) is 14.0. The number of hydrogen-bond acceptors (Lipinski definition) is 8. The zero-order chi connectivity index (χ0) is 19.5. The Balaban J connectivity index is 0.00000364. The van der Waals surface area contributed by atoms with E-state index in [1.807, 2.05) is 11.5 Å². The molecule has 2 heterocycles. The van der Waals surface area contributed by atoms with Gasteiger partial charge in [0.05, 0.1) is 11.8 Å². The van der Waals surface area contributed by atoms with Gasteiger partial charge in [-0.15, -0.1) is 0 Å². The number of phosphoric ester groups is 1. The molecule has 0 saturated heterocycles. The summed E-state index contributed by atoms with van der Waals surface area (Å²) in [5, 5.41) is 0. The smallest absolute Gasteiger partial charge is 0.535 e. The third kappa shape index (κ3) is 7.28. The molecule has 15 heteroatoms. The Morgan fingerprint density at radius 1 is 1.33 bits per heavy atom. The highest BCUT2D eigenvalue weighted by molar-refractivity contribution is 7.60. The molecule has 11 nitrogen and oxygen atoms in total. The molecule has 0 saturated carbocycles. The monoisotopic (exact) mass is 458 g/mol. The van der Waals surface area contributed by atoms with E-state index < -0.39 is 15.6 Å². The lowest BCUT2D eigenvalue weighted by atomic mass is 10.3. The van der Waals surface area contributed by atoms with Gasteiger partial charge in [-0.1, -0.05) is 11.3 Å². The number of rotatable bonds is 7. The van der Waals surface area contributed by atoms with E-state index in [2.05, 4.69) is 18.8 Å². The van der Waals surface area contributed by atoms with Crippen molar-refractivity contribution in [2.45, 2.75) is 20.4 Å². The second-order valence-corrected chi connectivity index (χ2v) is 8.75. The second kappa shape index (κ2) is 9.22. The number of thiazole rings is 1.